The van der Waals surface area contributed by atoms with Crippen LogP contribution in [-0.4, -0.2) is 37.8 Å². The largest absolute Gasteiger partial charge is 0.366 e. The number of nitrogens with zero attached hydrogens (tertiary/aromatic N) is 1. The number of carbonyl (C=O) groups excluding carboxylic acids is 1. The van der Waals surface area contributed by atoms with Gasteiger partial charge in [-0.3, -0.25) is 4.79 Å². The Balaban J connectivity index is 2.27. The zero-order chi connectivity index (χ0) is 13.3. The van der Waals surface area contributed by atoms with Gasteiger partial charge in [-0.1, -0.05) is 0 Å². The SMILES string of the molecule is NC(=O)c1ccc(S(=O)(=O)N2CCC(N)C2)cc1. The summed E-state index contributed by atoms with van der Waals surface area (Å²) >= 11 is 0. The number of amides is 1. The average Bonchev–Trinajstić information content (AvgIpc) is 2.76. The predicted octanol–water partition coefficient (Wildman–Crippen LogP) is -0.493. The lowest BCUT2D eigenvalue weighted by Gasteiger charge is -2.15. The van der Waals surface area contributed by atoms with Crippen molar-refractivity contribution < 1.29 is 13.2 Å². The summed E-state index contributed by atoms with van der Waals surface area (Å²) in [6.45, 7) is 0.765. The maximum absolute atomic E-state index is 12.2. The highest BCUT2D eigenvalue weighted by Crippen LogP contribution is 2.20. The number of hydrogen-bond donors (Lipinski definition) is 2. The third-order valence-electron chi connectivity index (χ3n) is 2.96. The van der Waals surface area contributed by atoms with Gasteiger partial charge in [0.2, 0.25) is 15.9 Å². The van der Waals surface area contributed by atoms with Gasteiger partial charge in [-0.2, -0.15) is 4.31 Å². The molecular formula is C11H15N3O3S. The molecule has 1 fully saturated rings. The van der Waals surface area contributed by atoms with Gasteiger partial charge in [-0.25, -0.2) is 8.42 Å². The molecule has 0 aliphatic carbocycles. The first-order valence-corrected chi connectivity index (χ1v) is 7.01. The first kappa shape index (κ1) is 13.0. The molecule has 0 radical (unpaired) electrons. The molecular weight excluding hydrogens is 254 g/mol. The molecule has 0 spiro atoms. The van der Waals surface area contributed by atoms with E-state index in [1.54, 1.807) is 0 Å². The molecule has 0 saturated carbocycles. The lowest BCUT2D eigenvalue weighted by Crippen LogP contribution is -2.32. The summed E-state index contributed by atoms with van der Waals surface area (Å²) < 4.78 is 25.8. The van der Waals surface area contributed by atoms with E-state index in [9.17, 15) is 13.2 Å². The zero-order valence-corrected chi connectivity index (χ0v) is 10.6. The minimum atomic E-state index is -3.51. The van der Waals surface area contributed by atoms with E-state index in [0.717, 1.165) is 0 Å². The van der Waals surface area contributed by atoms with E-state index in [4.69, 9.17) is 11.5 Å². The highest BCUT2D eigenvalue weighted by atomic mass is 32.2. The van der Waals surface area contributed by atoms with Crippen LogP contribution in [0.25, 0.3) is 0 Å². The monoisotopic (exact) mass is 269 g/mol. The van der Waals surface area contributed by atoms with E-state index in [1.807, 2.05) is 0 Å². The Labute approximate surface area is 106 Å². The molecule has 1 atom stereocenters. The molecule has 98 valence electrons. The van der Waals surface area contributed by atoms with Gasteiger partial charge >= 0.3 is 0 Å². The van der Waals surface area contributed by atoms with Crippen LogP contribution in [0.1, 0.15) is 16.8 Å². The Morgan fingerprint density at radius 2 is 1.89 bits per heavy atom. The third kappa shape index (κ3) is 2.38. The molecule has 1 heterocycles. The fourth-order valence-corrected chi connectivity index (χ4v) is 3.42. The third-order valence-corrected chi connectivity index (χ3v) is 4.84. The van der Waals surface area contributed by atoms with Gasteiger partial charge in [-0.15, -0.1) is 0 Å². The highest BCUT2D eigenvalue weighted by molar-refractivity contribution is 7.89. The number of hydrogen-bond acceptors (Lipinski definition) is 4. The van der Waals surface area contributed by atoms with Crippen molar-refractivity contribution in [2.75, 3.05) is 13.1 Å². The molecule has 0 aromatic heterocycles. The maximum Gasteiger partial charge on any atom is 0.248 e. The Bertz CT molecular complexity index is 553. The van der Waals surface area contributed by atoms with Crippen molar-refractivity contribution in [2.45, 2.75) is 17.4 Å². The summed E-state index contributed by atoms with van der Waals surface area (Å²) in [4.78, 5) is 11.1. The normalized spacial score (nSPS) is 21.1. The van der Waals surface area contributed by atoms with Gasteiger partial charge in [0.1, 0.15) is 0 Å². The summed E-state index contributed by atoms with van der Waals surface area (Å²) in [6, 6.07) is 5.49. The fraction of sp³-hybridized carbons (Fsp3) is 0.364. The second-order valence-electron chi connectivity index (χ2n) is 4.30. The number of nitrogens with two attached hydrogens (primary N) is 2. The van der Waals surface area contributed by atoms with Gasteiger partial charge in [-0.05, 0) is 30.7 Å². The van der Waals surface area contributed by atoms with Crippen LogP contribution in [0.5, 0.6) is 0 Å². The first-order chi connectivity index (χ1) is 8.41. The second kappa shape index (κ2) is 4.68. The average molecular weight is 269 g/mol. The summed E-state index contributed by atoms with van der Waals surface area (Å²) in [5.74, 6) is -0.581. The molecule has 1 aliphatic heterocycles. The van der Waals surface area contributed by atoms with Crippen LogP contribution >= 0.6 is 0 Å². The van der Waals surface area contributed by atoms with Crippen molar-refractivity contribution in [3.8, 4) is 0 Å². The molecule has 1 saturated heterocycles. The molecule has 7 heteroatoms. The molecule has 6 nitrogen and oxygen atoms in total. The summed E-state index contributed by atoms with van der Waals surface area (Å²) in [5.41, 5.74) is 11.1. The summed E-state index contributed by atoms with van der Waals surface area (Å²) in [7, 11) is -3.51. The quantitative estimate of drug-likeness (QED) is 0.772. The van der Waals surface area contributed by atoms with Gasteiger partial charge in [0, 0.05) is 24.7 Å². The minimum Gasteiger partial charge on any atom is -0.366 e. The van der Waals surface area contributed by atoms with Crippen LogP contribution in [0, 0.1) is 0 Å². The van der Waals surface area contributed by atoms with Gasteiger partial charge in [0.05, 0.1) is 4.90 Å². The van der Waals surface area contributed by atoms with Crippen molar-refractivity contribution in [3.05, 3.63) is 29.8 Å². The van der Waals surface area contributed by atoms with E-state index >= 15 is 0 Å². The molecule has 1 amide bonds. The summed E-state index contributed by atoms with van der Waals surface area (Å²) in [6.07, 6.45) is 0.665. The maximum atomic E-state index is 12.2. The lowest BCUT2D eigenvalue weighted by molar-refractivity contribution is 0.1000. The molecule has 1 aromatic rings. The Morgan fingerprint density at radius 1 is 1.28 bits per heavy atom. The van der Waals surface area contributed by atoms with Crippen molar-refractivity contribution in [1.29, 1.82) is 0 Å². The van der Waals surface area contributed by atoms with Crippen molar-refractivity contribution in [3.63, 3.8) is 0 Å². The Kier molecular flexibility index (Phi) is 3.38. The second-order valence-corrected chi connectivity index (χ2v) is 6.24. The molecule has 4 N–H and O–H groups in total. The van der Waals surface area contributed by atoms with E-state index in [-0.39, 0.29) is 16.5 Å². The molecule has 1 aliphatic rings. The molecule has 2 rings (SSSR count). The van der Waals surface area contributed by atoms with Crippen molar-refractivity contribution >= 4 is 15.9 Å². The number of sulfonamides is 1. The van der Waals surface area contributed by atoms with Crippen LogP contribution < -0.4 is 11.5 Å². The number of carbonyl (C=O) groups is 1. The zero-order valence-electron chi connectivity index (χ0n) is 9.74. The van der Waals surface area contributed by atoms with Gasteiger partial charge in [0.15, 0.2) is 0 Å². The van der Waals surface area contributed by atoms with Gasteiger partial charge in [0.25, 0.3) is 0 Å². The fourth-order valence-electron chi connectivity index (χ4n) is 1.91. The van der Waals surface area contributed by atoms with Crippen molar-refractivity contribution in [1.82, 2.24) is 4.31 Å². The molecule has 1 aromatic carbocycles. The molecule has 0 bridgehead atoms. The standard InChI is InChI=1S/C11H15N3O3S/c12-9-5-6-14(7-9)18(16,17)10-3-1-8(2-4-10)11(13)15/h1-4,9H,5-7,12H2,(H2,13,15). The highest BCUT2D eigenvalue weighted by Gasteiger charge is 2.30. The molecule has 1 unspecified atom stereocenters. The Hall–Kier alpha value is -1.44. The lowest BCUT2D eigenvalue weighted by atomic mass is 10.2. The minimum absolute atomic E-state index is 0.107. The topological polar surface area (TPSA) is 106 Å². The first-order valence-electron chi connectivity index (χ1n) is 5.57. The predicted molar refractivity (Wildman–Crippen MR) is 66.3 cm³/mol. The smallest absolute Gasteiger partial charge is 0.248 e. The van der Waals surface area contributed by atoms with Crippen LogP contribution in [0.15, 0.2) is 29.2 Å². The van der Waals surface area contributed by atoms with E-state index < -0.39 is 15.9 Å². The van der Waals surface area contributed by atoms with Crippen LogP contribution in [0.2, 0.25) is 0 Å². The van der Waals surface area contributed by atoms with Crippen molar-refractivity contribution in [2.24, 2.45) is 11.5 Å². The Morgan fingerprint density at radius 3 is 2.33 bits per heavy atom. The van der Waals surface area contributed by atoms with E-state index in [1.165, 1.54) is 28.6 Å². The number of primary amides is 1. The summed E-state index contributed by atoms with van der Waals surface area (Å²) in [5, 5.41) is 0. The van der Waals surface area contributed by atoms with E-state index in [2.05, 4.69) is 0 Å². The number of benzene rings is 1. The van der Waals surface area contributed by atoms with Crippen LogP contribution in [0.3, 0.4) is 0 Å². The van der Waals surface area contributed by atoms with Crippen LogP contribution in [0.4, 0.5) is 0 Å². The van der Waals surface area contributed by atoms with Gasteiger partial charge < -0.3 is 11.5 Å². The van der Waals surface area contributed by atoms with Crippen LogP contribution in [-0.2, 0) is 10.0 Å². The number of rotatable bonds is 3. The van der Waals surface area contributed by atoms with E-state index in [0.29, 0.717) is 19.5 Å². The molecule has 18 heavy (non-hydrogen) atoms.